The molecule has 3 heterocycles. The summed E-state index contributed by atoms with van der Waals surface area (Å²) in [6.07, 6.45) is 3.22. The van der Waals surface area contributed by atoms with E-state index >= 15 is 0 Å². The molecule has 0 saturated heterocycles. The lowest BCUT2D eigenvalue weighted by atomic mass is 10.2. The molecule has 0 aliphatic rings. The number of amides is 1. The van der Waals surface area contributed by atoms with E-state index in [-0.39, 0.29) is 25.3 Å². The van der Waals surface area contributed by atoms with Crippen LogP contribution in [0.1, 0.15) is 11.8 Å². The van der Waals surface area contributed by atoms with E-state index < -0.39 is 11.9 Å². The summed E-state index contributed by atoms with van der Waals surface area (Å²) in [6, 6.07) is 15.6. The number of carboxylic acid groups (broad SMARTS) is 1. The van der Waals surface area contributed by atoms with Gasteiger partial charge in [0.2, 0.25) is 6.41 Å². The highest BCUT2D eigenvalue weighted by atomic mass is 32.1. The Hall–Kier alpha value is -4.42. The van der Waals surface area contributed by atoms with Crippen LogP contribution in [0.25, 0.3) is 30.4 Å². The van der Waals surface area contributed by atoms with E-state index in [1.807, 2.05) is 55.5 Å². The molecule has 39 heavy (non-hydrogen) atoms. The SMILES string of the molecule is CCOC(=O)CN(C=O)C=Nc1c(C)sc2ccccc12.O=C(O)Cn1cnc2c(sc3ccccc32)c1=O. The highest BCUT2D eigenvalue weighted by molar-refractivity contribution is 7.25. The third-order valence-electron chi connectivity index (χ3n) is 5.48. The first-order valence-electron chi connectivity index (χ1n) is 11.8. The molecule has 1 N–H and O–H groups in total. The number of aromatic nitrogens is 2. The van der Waals surface area contributed by atoms with Crippen LogP contribution < -0.4 is 5.56 Å². The largest absolute Gasteiger partial charge is 0.480 e. The molecular weight excluding hydrogens is 540 g/mol. The van der Waals surface area contributed by atoms with Crippen molar-refractivity contribution in [1.82, 2.24) is 14.5 Å². The van der Waals surface area contributed by atoms with Gasteiger partial charge in [-0.05, 0) is 26.0 Å². The quantitative estimate of drug-likeness (QED) is 0.126. The molecule has 10 nitrogen and oxygen atoms in total. The molecule has 0 spiro atoms. The minimum absolute atomic E-state index is 0.137. The van der Waals surface area contributed by atoms with Crippen molar-refractivity contribution in [3.63, 3.8) is 0 Å². The lowest BCUT2D eigenvalue weighted by Crippen LogP contribution is -2.28. The van der Waals surface area contributed by atoms with Crippen LogP contribution in [-0.2, 0) is 25.7 Å². The Morgan fingerprint density at radius 2 is 1.77 bits per heavy atom. The van der Waals surface area contributed by atoms with E-state index in [2.05, 4.69) is 9.98 Å². The molecule has 200 valence electrons. The number of nitrogens with zero attached hydrogens (tertiary/aromatic N) is 4. The van der Waals surface area contributed by atoms with E-state index in [1.165, 1.54) is 28.9 Å². The molecule has 1 amide bonds. The topological polar surface area (TPSA) is 131 Å². The highest BCUT2D eigenvalue weighted by Gasteiger charge is 2.12. The zero-order chi connectivity index (χ0) is 27.9. The Bertz CT molecular complexity index is 1750. The molecule has 0 fully saturated rings. The molecule has 12 heteroatoms. The van der Waals surface area contributed by atoms with Crippen molar-refractivity contribution in [2.45, 2.75) is 20.4 Å². The fourth-order valence-corrected chi connectivity index (χ4v) is 5.90. The van der Waals surface area contributed by atoms with Crippen molar-refractivity contribution in [2.24, 2.45) is 4.99 Å². The van der Waals surface area contributed by atoms with Crippen LogP contribution in [0.4, 0.5) is 5.69 Å². The first kappa shape index (κ1) is 27.6. The lowest BCUT2D eigenvalue weighted by molar-refractivity contribution is -0.144. The fraction of sp³-hybridized carbons (Fsp3) is 0.185. The predicted molar refractivity (Wildman–Crippen MR) is 153 cm³/mol. The summed E-state index contributed by atoms with van der Waals surface area (Å²) < 4.78 is 8.54. The van der Waals surface area contributed by atoms with Gasteiger partial charge in [0.25, 0.3) is 5.56 Å². The first-order chi connectivity index (χ1) is 18.8. The van der Waals surface area contributed by atoms with Crippen molar-refractivity contribution >= 4 is 83.4 Å². The van der Waals surface area contributed by atoms with Crippen molar-refractivity contribution in [2.75, 3.05) is 13.2 Å². The Balaban J connectivity index is 0.000000183. The summed E-state index contributed by atoms with van der Waals surface area (Å²) in [5.41, 5.74) is 1.16. The number of esters is 1. The number of carbonyl (C=O) groups excluding carboxylic acids is 2. The molecule has 0 atom stereocenters. The normalized spacial score (nSPS) is 11.0. The van der Waals surface area contributed by atoms with E-state index in [4.69, 9.17) is 9.84 Å². The number of hydrogen-bond donors (Lipinski definition) is 1. The van der Waals surface area contributed by atoms with Gasteiger partial charge >= 0.3 is 11.9 Å². The summed E-state index contributed by atoms with van der Waals surface area (Å²) in [4.78, 5) is 55.9. The van der Waals surface area contributed by atoms with Crippen LogP contribution >= 0.6 is 22.7 Å². The number of rotatable bonds is 8. The number of thiophene rings is 2. The van der Waals surface area contributed by atoms with Gasteiger partial charge in [-0.3, -0.25) is 28.6 Å². The van der Waals surface area contributed by atoms with Crippen LogP contribution in [0.5, 0.6) is 0 Å². The summed E-state index contributed by atoms with van der Waals surface area (Å²) in [7, 11) is 0. The molecule has 3 aromatic heterocycles. The summed E-state index contributed by atoms with van der Waals surface area (Å²) in [5.74, 6) is -1.51. The van der Waals surface area contributed by atoms with Crippen molar-refractivity contribution in [1.29, 1.82) is 0 Å². The zero-order valence-corrected chi connectivity index (χ0v) is 22.7. The number of carboxylic acids is 1. The zero-order valence-electron chi connectivity index (χ0n) is 21.1. The average molecular weight is 565 g/mol. The second-order valence-electron chi connectivity index (χ2n) is 8.18. The monoisotopic (exact) mass is 564 g/mol. The van der Waals surface area contributed by atoms with E-state index in [0.717, 1.165) is 35.3 Å². The second-order valence-corrected chi connectivity index (χ2v) is 10.5. The molecule has 5 aromatic rings. The third kappa shape index (κ3) is 6.36. The van der Waals surface area contributed by atoms with E-state index in [0.29, 0.717) is 16.6 Å². The maximum Gasteiger partial charge on any atom is 0.326 e. The van der Waals surface area contributed by atoms with Gasteiger partial charge in [-0.15, -0.1) is 22.7 Å². The number of aliphatic imine (C=N–C) groups is 1. The Morgan fingerprint density at radius 3 is 2.44 bits per heavy atom. The molecule has 0 saturated carbocycles. The first-order valence-corrected chi connectivity index (χ1v) is 13.4. The average Bonchev–Trinajstić information content (AvgIpc) is 3.46. The minimum Gasteiger partial charge on any atom is -0.480 e. The Labute approximate surface area is 230 Å². The number of hydrogen-bond acceptors (Lipinski definition) is 9. The Morgan fingerprint density at radius 1 is 1.10 bits per heavy atom. The maximum absolute atomic E-state index is 12.1. The van der Waals surface area contributed by atoms with Crippen LogP contribution in [-0.4, -0.2) is 57.4 Å². The molecule has 0 aliphatic heterocycles. The molecule has 0 bridgehead atoms. The van der Waals surface area contributed by atoms with Gasteiger partial charge in [-0.1, -0.05) is 36.4 Å². The van der Waals surface area contributed by atoms with Gasteiger partial charge in [-0.25, -0.2) is 9.98 Å². The van der Waals surface area contributed by atoms with Gasteiger partial charge in [-0.2, -0.15) is 0 Å². The molecule has 0 radical (unpaired) electrons. The fourth-order valence-electron chi connectivity index (χ4n) is 3.78. The van der Waals surface area contributed by atoms with Crippen LogP contribution in [0.3, 0.4) is 0 Å². The molecule has 0 unspecified atom stereocenters. The predicted octanol–water partition coefficient (Wildman–Crippen LogP) is 4.59. The van der Waals surface area contributed by atoms with Gasteiger partial charge in [0.05, 0.1) is 30.5 Å². The lowest BCUT2D eigenvalue weighted by Gasteiger charge is -2.09. The number of ether oxygens (including phenoxy) is 1. The number of carbonyl (C=O) groups is 3. The minimum atomic E-state index is -1.06. The van der Waals surface area contributed by atoms with Gasteiger partial charge in [0.1, 0.15) is 17.8 Å². The van der Waals surface area contributed by atoms with Gasteiger partial charge < -0.3 is 9.84 Å². The maximum atomic E-state index is 12.1. The molecule has 5 rings (SSSR count). The van der Waals surface area contributed by atoms with Crippen LogP contribution in [0.15, 0.2) is 64.6 Å². The molecule has 2 aromatic carbocycles. The highest BCUT2D eigenvalue weighted by Crippen LogP contribution is 2.36. The summed E-state index contributed by atoms with van der Waals surface area (Å²) in [6.45, 7) is 3.49. The number of aliphatic carboxylic acids is 1. The van der Waals surface area contributed by atoms with E-state index in [1.54, 1.807) is 18.3 Å². The number of aryl methyl sites for hydroxylation is 1. The Kier molecular flexibility index (Phi) is 8.79. The van der Waals surface area contributed by atoms with Crippen LogP contribution in [0, 0.1) is 6.92 Å². The van der Waals surface area contributed by atoms with Gasteiger partial charge in [0, 0.05) is 25.0 Å². The van der Waals surface area contributed by atoms with Gasteiger partial charge in [0.15, 0.2) is 0 Å². The molecule has 0 aliphatic carbocycles. The second kappa shape index (κ2) is 12.4. The summed E-state index contributed by atoms with van der Waals surface area (Å²) in [5, 5.41) is 10.7. The third-order valence-corrected chi connectivity index (χ3v) is 7.71. The van der Waals surface area contributed by atoms with Crippen molar-refractivity contribution in [3.8, 4) is 0 Å². The number of benzene rings is 2. The van der Waals surface area contributed by atoms with Crippen LogP contribution in [0.2, 0.25) is 0 Å². The van der Waals surface area contributed by atoms with Crippen molar-refractivity contribution < 1.29 is 24.2 Å². The standard InChI is InChI=1S/C15H16N2O3S.C12H8N2O3S/c1-3-20-14(19)8-17(10-18)9-16-15-11(2)21-13-7-5-4-6-12(13)15;15-9(16)5-14-6-13-10-7-3-1-2-4-8(7)18-11(10)12(14)17/h4-7,9-10H,3,8H2,1-2H3;1-4,6H,5H2,(H,15,16). The smallest absolute Gasteiger partial charge is 0.326 e. The van der Waals surface area contributed by atoms with Crippen molar-refractivity contribution in [3.05, 3.63) is 70.1 Å². The van der Waals surface area contributed by atoms with E-state index in [9.17, 15) is 19.2 Å². The summed E-state index contributed by atoms with van der Waals surface area (Å²) >= 11 is 2.99. The number of fused-ring (bicyclic) bond motifs is 4. The molecular formula is C27H24N4O6S2.